The Morgan fingerprint density at radius 1 is 1.30 bits per heavy atom. The zero-order valence-electron chi connectivity index (χ0n) is 11.0. The van der Waals surface area contributed by atoms with Crippen molar-refractivity contribution >= 4 is 15.7 Å². The largest absolute Gasteiger partial charge is 0.416 e. The van der Waals surface area contributed by atoms with Gasteiger partial charge in [-0.25, -0.2) is 8.42 Å². The van der Waals surface area contributed by atoms with E-state index >= 15 is 0 Å². The number of unbranched alkanes of at least 4 members (excludes halogenated alkanes) is 1. The molecule has 8 heteroatoms. The van der Waals surface area contributed by atoms with E-state index in [1.807, 2.05) is 6.92 Å². The number of rotatable bonds is 6. The van der Waals surface area contributed by atoms with Gasteiger partial charge in [-0.15, -0.1) is 0 Å². The van der Waals surface area contributed by atoms with Crippen LogP contribution in [0.3, 0.4) is 0 Å². The number of halogens is 3. The Labute approximate surface area is 116 Å². The highest BCUT2D eigenvalue weighted by Gasteiger charge is 2.31. The van der Waals surface area contributed by atoms with Gasteiger partial charge in [-0.3, -0.25) is 4.72 Å². The van der Waals surface area contributed by atoms with E-state index in [0.717, 1.165) is 18.2 Å². The van der Waals surface area contributed by atoms with Crippen molar-refractivity contribution in [1.29, 1.82) is 0 Å². The van der Waals surface area contributed by atoms with E-state index in [4.69, 9.17) is 5.73 Å². The Morgan fingerprint density at radius 3 is 2.45 bits per heavy atom. The summed E-state index contributed by atoms with van der Waals surface area (Å²) >= 11 is 0. The third-order valence-electron chi connectivity index (χ3n) is 2.68. The number of nitrogens with one attached hydrogen (secondary N) is 1. The quantitative estimate of drug-likeness (QED) is 0.848. The summed E-state index contributed by atoms with van der Waals surface area (Å²) in [5.41, 5.74) is 4.73. The molecule has 114 valence electrons. The molecule has 0 saturated carbocycles. The van der Waals surface area contributed by atoms with Crippen LogP contribution in [-0.4, -0.2) is 14.2 Å². The van der Waals surface area contributed by atoms with Gasteiger partial charge in [0.2, 0.25) is 10.0 Å². The molecule has 0 aliphatic carbocycles. The Kier molecular flexibility index (Phi) is 5.41. The van der Waals surface area contributed by atoms with Crippen molar-refractivity contribution in [3.05, 3.63) is 29.3 Å². The van der Waals surface area contributed by atoms with Gasteiger partial charge in [0.05, 0.1) is 17.0 Å². The van der Waals surface area contributed by atoms with Crippen LogP contribution >= 0.6 is 0 Å². The van der Waals surface area contributed by atoms with Crippen LogP contribution in [0.1, 0.15) is 30.9 Å². The minimum absolute atomic E-state index is 0.0749. The van der Waals surface area contributed by atoms with E-state index in [9.17, 15) is 21.6 Å². The molecule has 0 amide bonds. The van der Waals surface area contributed by atoms with Crippen LogP contribution in [-0.2, 0) is 22.7 Å². The second kappa shape index (κ2) is 6.45. The summed E-state index contributed by atoms with van der Waals surface area (Å²) in [5, 5.41) is 0. The van der Waals surface area contributed by atoms with Gasteiger partial charge in [0.25, 0.3) is 0 Å². The maximum absolute atomic E-state index is 12.6. The minimum atomic E-state index is -4.48. The van der Waals surface area contributed by atoms with Crippen LogP contribution in [0.5, 0.6) is 0 Å². The highest BCUT2D eigenvalue weighted by Crippen LogP contribution is 2.32. The first-order chi connectivity index (χ1) is 9.19. The average molecular weight is 310 g/mol. The molecule has 0 unspecified atom stereocenters. The monoisotopic (exact) mass is 310 g/mol. The Morgan fingerprint density at radius 2 is 1.95 bits per heavy atom. The summed E-state index contributed by atoms with van der Waals surface area (Å²) in [6, 6.07) is 2.78. The molecule has 1 rings (SSSR count). The van der Waals surface area contributed by atoms with E-state index in [0.29, 0.717) is 12.8 Å². The Hall–Kier alpha value is -1.28. The highest BCUT2D eigenvalue weighted by molar-refractivity contribution is 7.92. The standard InChI is InChI=1S/C12H17F3N2O2S/c1-2-3-6-20(18,19)17-11-5-4-10(12(13,14)15)7-9(11)8-16/h4-5,7,17H,2-3,6,8,16H2,1H3. The summed E-state index contributed by atoms with van der Waals surface area (Å²) in [6.07, 6.45) is -3.30. The molecule has 0 atom stereocenters. The summed E-state index contributed by atoms with van der Waals surface area (Å²) in [5.74, 6) is -0.0749. The number of nitrogens with two attached hydrogens (primary N) is 1. The van der Waals surface area contributed by atoms with Crippen molar-refractivity contribution in [1.82, 2.24) is 0 Å². The second-order valence-corrected chi connectivity index (χ2v) is 6.19. The third-order valence-corrected chi connectivity index (χ3v) is 4.04. The van der Waals surface area contributed by atoms with Crippen LogP contribution < -0.4 is 10.5 Å². The lowest BCUT2D eigenvalue weighted by atomic mass is 10.1. The number of anilines is 1. The molecule has 0 saturated heterocycles. The van der Waals surface area contributed by atoms with Crippen LogP contribution in [0.2, 0.25) is 0 Å². The third kappa shape index (κ3) is 4.68. The molecule has 0 spiro atoms. The molecule has 0 aliphatic rings. The maximum atomic E-state index is 12.6. The lowest BCUT2D eigenvalue weighted by Gasteiger charge is -2.14. The molecule has 3 N–H and O–H groups in total. The van der Waals surface area contributed by atoms with E-state index in [2.05, 4.69) is 4.72 Å². The summed E-state index contributed by atoms with van der Waals surface area (Å²) in [4.78, 5) is 0. The maximum Gasteiger partial charge on any atom is 0.416 e. The smallest absolute Gasteiger partial charge is 0.326 e. The molecule has 0 heterocycles. The summed E-state index contributed by atoms with van der Waals surface area (Å²) in [7, 11) is -3.56. The number of hydrogen-bond acceptors (Lipinski definition) is 3. The summed E-state index contributed by atoms with van der Waals surface area (Å²) in [6.45, 7) is 1.66. The molecule has 0 fully saturated rings. The summed E-state index contributed by atoms with van der Waals surface area (Å²) < 4.78 is 63.4. The van der Waals surface area contributed by atoms with Crippen LogP contribution in [0.25, 0.3) is 0 Å². The van der Waals surface area contributed by atoms with Gasteiger partial charge in [-0.2, -0.15) is 13.2 Å². The van der Waals surface area contributed by atoms with Gasteiger partial charge >= 0.3 is 6.18 Å². The minimum Gasteiger partial charge on any atom is -0.326 e. The van der Waals surface area contributed by atoms with E-state index < -0.39 is 21.8 Å². The van der Waals surface area contributed by atoms with Crippen LogP contribution in [0.4, 0.5) is 18.9 Å². The lowest BCUT2D eigenvalue weighted by molar-refractivity contribution is -0.137. The number of hydrogen-bond donors (Lipinski definition) is 2. The molecule has 0 bridgehead atoms. The first kappa shape index (κ1) is 16.8. The number of sulfonamides is 1. The number of benzene rings is 1. The van der Waals surface area contributed by atoms with Gasteiger partial charge in [0.1, 0.15) is 0 Å². The molecular formula is C12H17F3N2O2S. The Bertz CT molecular complexity index is 556. The van der Waals surface area contributed by atoms with Crippen LogP contribution in [0, 0.1) is 0 Å². The van der Waals surface area contributed by atoms with E-state index in [-0.39, 0.29) is 23.5 Å². The van der Waals surface area contributed by atoms with Crippen molar-refractivity contribution in [2.24, 2.45) is 5.73 Å². The molecule has 0 aromatic heterocycles. The molecule has 20 heavy (non-hydrogen) atoms. The van der Waals surface area contributed by atoms with Gasteiger partial charge in [-0.1, -0.05) is 13.3 Å². The zero-order chi connectivity index (χ0) is 15.4. The van der Waals surface area contributed by atoms with Crippen molar-refractivity contribution in [3.8, 4) is 0 Å². The van der Waals surface area contributed by atoms with Crippen molar-refractivity contribution < 1.29 is 21.6 Å². The van der Waals surface area contributed by atoms with E-state index in [1.54, 1.807) is 0 Å². The van der Waals surface area contributed by atoms with E-state index in [1.165, 1.54) is 0 Å². The van der Waals surface area contributed by atoms with Crippen molar-refractivity contribution in [2.75, 3.05) is 10.5 Å². The van der Waals surface area contributed by atoms with Crippen molar-refractivity contribution in [2.45, 2.75) is 32.5 Å². The van der Waals surface area contributed by atoms with Gasteiger partial charge in [-0.05, 0) is 30.2 Å². The van der Waals surface area contributed by atoms with Gasteiger partial charge < -0.3 is 5.73 Å². The fraction of sp³-hybridized carbons (Fsp3) is 0.500. The van der Waals surface area contributed by atoms with Crippen molar-refractivity contribution in [3.63, 3.8) is 0 Å². The van der Waals surface area contributed by atoms with Crippen LogP contribution in [0.15, 0.2) is 18.2 Å². The predicted molar refractivity (Wildman–Crippen MR) is 71.7 cm³/mol. The molecule has 0 aliphatic heterocycles. The van der Waals surface area contributed by atoms with Gasteiger partial charge in [0, 0.05) is 6.54 Å². The molecule has 0 radical (unpaired) electrons. The first-order valence-corrected chi connectivity index (χ1v) is 7.75. The molecule has 4 nitrogen and oxygen atoms in total. The number of alkyl halides is 3. The normalized spacial score (nSPS) is 12.4. The lowest BCUT2D eigenvalue weighted by Crippen LogP contribution is -2.18. The molecule has 1 aromatic carbocycles. The fourth-order valence-electron chi connectivity index (χ4n) is 1.59. The SMILES string of the molecule is CCCCS(=O)(=O)Nc1ccc(C(F)(F)F)cc1CN. The highest BCUT2D eigenvalue weighted by atomic mass is 32.2. The average Bonchev–Trinajstić information content (AvgIpc) is 2.35. The molecule has 1 aromatic rings. The Balaban J connectivity index is 3.02. The fourth-order valence-corrected chi connectivity index (χ4v) is 2.90. The molecular weight excluding hydrogens is 293 g/mol. The second-order valence-electron chi connectivity index (χ2n) is 4.35. The first-order valence-electron chi connectivity index (χ1n) is 6.10. The zero-order valence-corrected chi connectivity index (χ0v) is 11.8. The predicted octanol–water partition coefficient (Wildman–Crippen LogP) is 2.71. The van der Waals surface area contributed by atoms with Gasteiger partial charge in [0.15, 0.2) is 0 Å². The topological polar surface area (TPSA) is 72.2 Å².